The molecule has 0 aliphatic heterocycles. The van der Waals surface area contributed by atoms with Crippen molar-refractivity contribution in [1.82, 2.24) is 9.55 Å². The third kappa shape index (κ3) is 2.05. The molecular weight excluding hydrogens is 272 g/mol. The van der Waals surface area contributed by atoms with Gasteiger partial charge in [0.1, 0.15) is 0 Å². The second-order valence-electron chi connectivity index (χ2n) is 5.16. The Labute approximate surface area is 127 Å². The molecule has 1 aromatic heterocycles. The zero-order chi connectivity index (χ0) is 14.9. The van der Waals surface area contributed by atoms with Crippen LogP contribution in [-0.4, -0.2) is 9.55 Å². The number of rotatable bonds is 2. The standard InChI is InChI=1S/C18H14N4/c1-22-17-12-5-4-10-16(17)19-18(22)21-20-15-11-6-8-13-7-2-3-9-14(13)15/h2-12H,1H3/b21-20+. The predicted octanol–water partition coefficient (Wildman–Crippen LogP) is 5.14. The van der Waals surface area contributed by atoms with E-state index in [1.165, 1.54) is 0 Å². The van der Waals surface area contributed by atoms with E-state index in [1.807, 2.05) is 60.1 Å². The molecule has 0 fully saturated rings. The van der Waals surface area contributed by atoms with Crippen LogP contribution in [0.25, 0.3) is 21.8 Å². The second kappa shape index (κ2) is 5.07. The van der Waals surface area contributed by atoms with Crippen LogP contribution in [0, 0.1) is 0 Å². The van der Waals surface area contributed by atoms with E-state index in [0.29, 0.717) is 5.95 Å². The molecular formula is C18H14N4. The minimum atomic E-state index is 0.606. The molecule has 3 aromatic carbocycles. The van der Waals surface area contributed by atoms with Crippen LogP contribution in [0.15, 0.2) is 77.0 Å². The minimum Gasteiger partial charge on any atom is -0.310 e. The number of benzene rings is 3. The molecule has 4 nitrogen and oxygen atoms in total. The predicted molar refractivity (Wildman–Crippen MR) is 88.8 cm³/mol. The third-order valence-corrected chi connectivity index (χ3v) is 3.78. The fraction of sp³-hybridized carbons (Fsp3) is 0.0556. The van der Waals surface area contributed by atoms with Crippen LogP contribution in [0.3, 0.4) is 0 Å². The molecule has 0 spiro atoms. The molecule has 0 radical (unpaired) electrons. The lowest BCUT2D eigenvalue weighted by Gasteiger charge is -2.00. The lowest BCUT2D eigenvalue weighted by molar-refractivity contribution is 0.922. The first-order valence-corrected chi connectivity index (χ1v) is 7.14. The zero-order valence-electron chi connectivity index (χ0n) is 12.1. The maximum Gasteiger partial charge on any atom is 0.250 e. The summed E-state index contributed by atoms with van der Waals surface area (Å²) in [7, 11) is 1.95. The molecule has 0 amide bonds. The average Bonchev–Trinajstić information content (AvgIpc) is 2.89. The summed E-state index contributed by atoms with van der Waals surface area (Å²) >= 11 is 0. The normalized spacial score (nSPS) is 11.7. The number of azo groups is 1. The summed E-state index contributed by atoms with van der Waals surface area (Å²) in [5.41, 5.74) is 2.83. The van der Waals surface area contributed by atoms with Crippen LogP contribution >= 0.6 is 0 Å². The molecule has 4 heteroatoms. The average molecular weight is 286 g/mol. The number of aryl methyl sites for hydroxylation is 1. The summed E-state index contributed by atoms with van der Waals surface area (Å²) in [4.78, 5) is 4.51. The fourth-order valence-corrected chi connectivity index (χ4v) is 2.62. The van der Waals surface area contributed by atoms with E-state index >= 15 is 0 Å². The minimum absolute atomic E-state index is 0.606. The van der Waals surface area contributed by atoms with Crippen LogP contribution in [0.5, 0.6) is 0 Å². The Morgan fingerprint density at radius 3 is 2.50 bits per heavy atom. The van der Waals surface area contributed by atoms with Gasteiger partial charge in [-0.2, -0.15) is 0 Å². The highest BCUT2D eigenvalue weighted by Gasteiger charge is 2.06. The van der Waals surface area contributed by atoms with Gasteiger partial charge in [-0.15, -0.1) is 10.2 Å². The maximum absolute atomic E-state index is 4.51. The van der Waals surface area contributed by atoms with Gasteiger partial charge in [0.25, 0.3) is 0 Å². The van der Waals surface area contributed by atoms with Crippen molar-refractivity contribution in [2.24, 2.45) is 17.3 Å². The quantitative estimate of drug-likeness (QED) is 0.470. The Morgan fingerprint density at radius 1 is 0.818 bits per heavy atom. The maximum atomic E-state index is 4.51. The molecule has 22 heavy (non-hydrogen) atoms. The summed E-state index contributed by atoms with van der Waals surface area (Å²) in [6.07, 6.45) is 0. The highest BCUT2D eigenvalue weighted by Crippen LogP contribution is 2.28. The first-order valence-electron chi connectivity index (χ1n) is 7.14. The lowest BCUT2D eigenvalue weighted by Crippen LogP contribution is -1.85. The van der Waals surface area contributed by atoms with Gasteiger partial charge in [0.05, 0.1) is 16.7 Å². The van der Waals surface area contributed by atoms with E-state index in [9.17, 15) is 0 Å². The molecule has 1 heterocycles. The smallest absolute Gasteiger partial charge is 0.250 e. The summed E-state index contributed by atoms with van der Waals surface area (Å²) in [5.74, 6) is 0.606. The SMILES string of the molecule is Cn1c(/N=N/c2cccc3ccccc23)nc2ccccc21. The molecule has 4 aromatic rings. The summed E-state index contributed by atoms with van der Waals surface area (Å²) < 4.78 is 1.95. The molecule has 0 aliphatic carbocycles. The van der Waals surface area contributed by atoms with Crippen molar-refractivity contribution in [2.45, 2.75) is 0 Å². The van der Waals surface area contributed by atoms with Crippen molar-refractivity contribution in [3.8, 4) is 0 Å². The zero-order valence-corrected chi connectivity index (χ0v) is 12.1. The number of fused-ring (bicyclic) bond motifs is 2. The van der Waals surface area contributed by atoms with Gasteiger partial charge in [-0.1, -0.05) is 48.5 Å². The highest BCUT2D eigenvalue weighted by atomic mass is 15.3. The van der Waals surface area contributed by atoms with E-state index in [-0.39, 0.29) is 0 Å². The van der Waals surface area contributed by atoms with Gasteiger partial charge in [-0.05, 0) is 23.6 Å². The molecule has 0 bridgehead atoms. The molecule has 0 N–H and O–H groups in total. The topological polar surface area (TPSA) is 42.5 Å². The number of imidazole rings is 1. The number of hydrogen-bond acceptors (Lipinski definition) is 3. The summed E-state index contributed by atoms with van der Waals surface area (Å²) in [6, 6.07) is 22.2. The first kappa shape index (κ1) is 12.7. The molecule has 0 aliphatic rings. The summed E-state index contributed by atoms with van der Waals surface area (Å²) in [5, 5.41) is 11.0. The Morgan fingerprint density at radius 2 is 1.59 bits per heavy atom. The van der Waals surface area contributed by atoms with E-state index in [2.05, 4.69) is 33.4 Å². The van der Waals surface area contributed by atoms with Crippen molar-refractivity contribution >= 4 is 33.4 Å². The molecule has 4 rings (SSSR count). The van der Waals surface area contributed by atoms with Gasteiger partial charge < -0.3 is 4.57 Å². The Bertz CT molecular complexity index is 993. The van der Waals surface area contributed by atoms with Crippen LogP contribution in [0.1, 0.15) is 0 Å². The van der Waals surface area contributed by atoms with Gasteiger partial charge in [0.2, 0.25) is 5.95 Å². The Kier molecular flexibility index (Phi) is 2.93. The van der Waals surface area contributed by atoms with Crippen molar-refractivity contribution in [2.75, 3.05) is 0 Å². The number of para-hydroxylation sites is 2. The van der Waals surface area contributed by atoms with Crippen molar-refractivity contribution < 1.29 is 0 Å². The van der Waals surface area contributed by atoms with Crippen molar-refractivity contribution in [3.05, 3.63) is 66.7 Å². The van der Waals surface area contributed by atoms with E-state index < -0.39 is 0 Å². The molecule has 0 saturated carbocycles. The van der Waals surface area contributed by atoms with Gasteiger partial charge in [-0.25, -0.2) is 4.98 Å². The van der Waals surface area contributed by atoms with E-state index in [0.717, 1.165) is 27.5 Å². The van der Waals surface area contributed by atoms with Gasteiger partial charge in [-0.3, -0.25) is 0 Å². The Balaban J connectivity index is 1.81. The lowest BCUT2D eigenvalue weighted by atomic mass is 10.1. The van der Waals surface area contributed by atoms with E-state index in [1.54, 1.807) is 0 Å². The van der Waals surface area contributed by atoms with E-state index in [4.69, 9.17) is 0 Å². The number of nitrogens with zero attached hydrogens (tertiary/aromatic N) is 4. The molecule has 0 atom stereocenters. The van der Waals surface area contributed by atoms with Crippen LogP contribution in [-0.2, 0) is 7.05 Å². The highest BCUT2D eigenvalue weighted by molar-refractivity contribution is 5.92. The number of aromatic nitrogens is 2. The third-order valence-electron chi connectivity index (χ3n) is 3.78. The van der Waals surface area contributed by atoms with Gasteiger partial charge in [0, 0.05) is 12.4 Å². The monoisotopic (exact) mass is 286 g/mol. The first-order chi connectivity index (χ1) is 10.8. The van der Waals surface area contributed by atoms with Crippen LogP contribution < -0.4 is 0 Å². The van der Waals surface area contributed by atoms with Gasteiger partial charge >= 0.3 is 0 Å². The largest absolute Gasteiger partial charge is 0.310 e. The number of hydrogen-bond donors (Lipinski definition) is 0. The second-order valence-corrected chi connectivity index (χ2v) is 5.16. The molecule has 0 unspecified atom stereocenters. The molecule has 0 saturated heterocycles. The van der Waals surface area contributed by atoms with Crippen LogP contribution in [0.4, 0.5) is 11.6 Å². The molecule has 106 valence electrons. The Hall–Kier alpha value is -3.01. The van der Waals surface area contributed by atoms with Gasteiger partial charge in [0.15, 0.2) is 0 Å². The van der Waals surface area contributed by atoms with Crippen LogP contribution in [0.2, 0.25) is 0 Å². The fourth-order valence-electron chi connectivity index (χ4n) is 2.62. The summed E-state index contributed by atoms with van der Waals surface area (Å²) in [6.45, 7) is 0. The van der Waals surface area contributed by atoms with Crippen molar-refractivity contribution in [3.63, 3.8) is 0 Å². The van der Waals surface area contributed by atoms with Crippen molar-refractivity contribution in [1.29, 1.82) is 0 Å².